The Balaban J connectivity index is 2.92. The summed E-state index contributed by atoms with van der Waals surface area (Å²) in [6, 6.07) is 7.84. The molecule has 0 aliphatic carbocycles. The molecule has 0 radical (unpaired) electrons. The standard InChI is InChI=1S/C13H18O/c1-5-10-6-8-11(9-7-10)12(14)13(2,3)4/h5-9,12,14H,1H2,2-4H3. The molecule has 1 unspecified atom stereocenters. The van der Waals surface area contributed by atoms with E-state index in [9.17, 15) is 5.11 Å². The summed E-state index contributed by atoms with van der Waals surface area (Å²) in [7, 11) is 0. The van der Waals surface area contributed by atoms with Crippen LogP contribution in [-0.2, 0) is 0 Å². The van der Waals surface area contributed by atoms with Crippen LogP contribution in [0.5, 0.6) is 0 Å². The number of benzene rings is 1. The lowest BCUT2D eigenvalue weighted by Crippen LogP contribution is -2.17. The second-order valence-electron chi connectivity index (χ2n) is 4.64. The third-order valence-electron chi connectivity index (χ3n) is 2.31. The summed E-state index contributed by atoms with van der Waals surface area (Å²) in [5, 5.41) is 9.99. The summed E-state index contributed by atoms with van der Waals surface area (Å²) in [4.78, 5) is 0. The average molecular weight is 190 g/mol. The lowest BCUT2D eigenvalue weighted by Gasteiger charge is -2.26. The van der Waals surface area contributed by atoms with Gasteiger partial charge < -0.3 is 5.11 Å². The summed E-state index contributed by atoms with van der Waals surface area (Å²) in [6.45, 7) is 9.77. The minimum atomic E-state index is -0.415. The van der Waals surface area contributed by atoms with Gasteiger partial charge in [-0.1, -0.05) is 57.7 Å². The van der Waals surface area contributed by atoms with Crippen LogP contribution in [0.1, 0.15) is 38.0 Å². The molecule has 0 aliphatic rings. The maximum absolute atomic E-state index is 9.99. The van der Waals surface area contributed by atoms with Gasteiger partial charge in [0.25, 0.3) is 0 Å². The van der Waals surface area contributed by atoms with Crippen LogP contribution in [0.2, 0.25) is 0 Å². The zero-order valence-corrected chi connectivity index (χ0v) is 9.12. The Hall–Kier alpha value is -1.08. The highest BCUT2D eigenvalue weighted by molar-refractivity contribution is 5.47. The van der Waals surface area contributed by atoms with Crippen molar-refractivity contribution in [2.75, 3.05) is 0 Å². The van der Waals surface area contributed by atoms with Crippen molar-refractivity contribution in [2.45, 2.75) is 26.9 Å². The van der Waals surface area contributed by atoms with E-state index in [4.69, 9.17) is 0 Å². The van der Waals surface area contributed by atoms with Gasteiger partial charge in [0.1, 0.15) is 0 Å². The quantitative estimate of drug-likeness (QED) is 0.757. The number of aliphatic hydroxyl groups excluding tert-OH is 1. The van der Waals surface area contributed by atoms with Crippen LogP contribution in [0.3, 0.4) is 0 Å². The molecule has 0 fully saturated rings. The van der Waals surface area contributed by atoms with E-state index in [0.717, 1.165) is 11.1 Å². The van der Waals surface area contributed by atoms with Gasteiger partial charge in [-0.3, -0.25) is 0 Å². The van der Waals surface area contributed by atoms with E-state index in [1.54, 1.807) is 6.08 Å². The first kappa shape index (κ1) is 11.0. The van der Waals surface area contributed by atoms with Crippen molar-refractivity contribution in [2.24, 2.45) is 5.41 Å². The molecule has 1 aromatic carbocycles. The maximum atomic E-state index is 9.99. The average Bonchev–Trinajstić information content (AvgIpc) is 2.15. The van der Waals surface area contributed by atoms with Gasteiger partial charge in [-0.15, -0.1) is 0 Å². The zero-order valence-electron chi connectivity index (χ0n) is 9.12. The number of hydrogen-bond acceptors (Lipinski definition) is 1. The fourth-order valence-corrected chi connectivity index (χ4v) is 1.31. The van der Waals surface area contributed by atoms with Gasteiger partial charge in [-0.2, -0.15) is 0 Å². The van der Waals surface area contributed by atoms with Gasteiger partial charge in [0.2, 0.25) is 0 Å². The molecule has 0 amide bonds. The van der Waals surface area contributed by atoms with E-state index in [2.05, 4.69) is 6.58 Å². The minimum absolute atomic E-state index is 0.115. The number of aliphatic hydroxyl groups is 1. The van der Waals surface area contributed by atoms with Gasteiger partial charge in [0, 0.05) is 0 Å². The third-order valence-corrected chi connectivity index (χ3v) is 2.31. The molecule has 0 aromatic heterocycles. The summed E-state index contributed by atoms with van der Waals surface area (Å²) < 4.78 is 0. The summed E-state index contributed by atoms with van der Waals surface area (Å²) >= 11 is 0. The van der Waals surface area contributed by atoms with Crippen molar-refractivity contribution in [1.82, 2.24) is 0 Å². The van der Waals surface area contributed by atoms with Crippen molar-refractivity contribution >= 4 is 6.08 Å². The summed E-state index contributed by atoms with van der Waals surface area (Å²) in [6.07, 6.45) is 1.38. The van der Waals surface area contributed by atoms with Crippen LogP contribution < -0.4 is 0 Å². The van der Waals surface area contributed by atoms with Crippen molar-refractivity contribution < 1.29 is 5.11 Å². The molecule has 1 atom stereocenters. The van der Waals surface area contributed by atoms with Crippen LogP contribution in [0.4, 0.5) is 0 Å². The molecule has 14 heavy (non-hydrogen) atoms. The molecule has 0 bridgehead atoms. The highest BCUT2D eigenvalue weighted by Crippen LogP contribution is 2.32. The predicted molar refractivity (Wildman–Crippen MR) is 60.9 cm³/mol. The normalized spacial score (nSPS) is 13.7. The Morgan fingerprint density at radius 3 is 2.07 bits per heavy atom. The van der Waals surface area contributed by atoms with Crippen LogP contribution in [0.15, 0.2) is 30.8 Å². The maximum Gasteiger partial charge on any atom is 0.0838 e. The van der Waals surface area contributed by atoms with E-state index < -0.39 is 6.10 Å². The molecule has 0 aliphatic heterocycles. The number of hydrogen-bond donors (Lipinski definition) is 1. The molecule has 0 saturated carbocycles. The Bertz CT molecular complexity index is 303. The fourth-order valence-electron chi connectivity index (χ4n) is 1.31. The van der Waals surface area contributed by atoms with E-state index >= 15 is 0 Å². The highest BCUT2D eigenvalue weighted by Gasteiger charge is 2.23. The first-order chi connectivity index (χ1) is 6.45. The van der Waals surface area contributed by atoms with Crippen LogP contribution in [0, 0.1) is 5.41 Å². The lowest BCUT2D eigenvalue weighted by molar-refractivity contribution is 0.0627. The molecule has 0 heterocycles. The Morgan fingerprint density at radius 1 is 1.21 bits per heavy atom. The molecule has 76 valence electrons. The minimum Gasteiger partial charge on any atom is -0.388 e. The summed E-state index contributed by atoms with van der Waals surface area (Å²) in [5.74, 6) is 0. The molecular weight excluding hydrogens is 172 g/mol. The van der Waals surface area contributed by atoms with E-state index in [1.165, 1.54) is 0 Å². The third kappa shape index (κ3) is 2.46. The van der Waals surface area contributed by atoms with Crippen molar-refractivity contribution in [1.29, 1.82) is 0 Å². The van der Waals surface area contributed by atoms with E-state index in [-0.39, 0.29) is 5.41 Å². The molecule has 1 heteroatoms. The molecule has 1 aromatic rings. The molecule has 0 saturated heterocycles. The number of rotatable bonds is 2. The van der Waals surface area contributed by atoms with E-state index in [1.807, 2.05) is 45.0 Å². The van der Waals surface area contributed by atoms with Gasteiger partial charge >= 0.3 is 0 Å². The van der Waals surface area contributed by atoms with Crippen LogP contribution in [-0.4, -0.2) is 5.11 Å². The van der Waals surface area contributed by atoms with Gasteiger partial charge in [-0.25, -0.2) is 0 Å². The van der Waals surface area contributed by atoms with Crippen molar-refractivity contribution in [3.05, 3.63) is 42.0 Å². The van der Waals surface area contributed by atoms with Gasteiger partial charge in [0.05, 0.1) is 6.10 Å². The molecule has 1 rings (SSSR count). The zero-order chi connectivity index (χ0) is 10.8. The predicted octanol–water partition coefficient (Wildman–Crippen LogP) is 3.41. The molecule has 1 N–H and O–H groups in total. The van der Waals surface area contributed by atoms with E-state index in [0.29, 0.717) is 0 Å². The first-order valence-electron chi connectivity index (χ1n) is 4.85. The molecule has 1 nitrogen and oxygen atoms in total. The second kappa shape index (κ2) is 3.97. The van der Waals surface area contributed by atoms with Crippen LogP contribution >= 0.6 is 0 Å². The molecular formula is C13H18O. The Morgan fingerprint density at radius 2 is 1.71 bits per heavy atom. The monoisotopic (exact) mass is 190 g/mol. The van der Waals surface area contributed by atoms with Crippen molar-refractivity contribution in [3.8, 4) is 0 Å². The first-order valence-corrected chi connectivity index (χ1v) is 4.85. The Kier molecular flexibility index (Phi) is 3.12. The smallest absolute Gasteiger partial charge is 0.0838 e. The fraction of sp³-hybridized carbons (Fsp3) is 0.385. The molecule has 0 spiro atoms. The largest absolute Gasteiger partial charge is 0.388 e. The topological polar surface area (TPSA) is 20.2 Å². The van der Waals surface area contributed by atoms with Gasteiger partial charge in [0.15, 0.2) is 0 Å². The van der Waals surface area contributed by atoms with Gasteiger partial charge in [-0.05, 0) is 16.5 Å². The van der Waals surface area contributed by atoms with Crippen LogP contribution in [0.25, 0.3) is 6.08 Å². The second-order valence-corrected chi connectivity index (χ2v) is 4.64. The highest BCUT2D eigenvalue weighted by atomic mass is 16.3. The SMILES string of the molecule is C=Cc1ccc(C(O)C(C)(C)C)cc1. The Labute approximate surface area is 86.1 Å². The van der Waals surface area contributed by atoms with Crippen molar-refractivity contribution in [3.63, 3.8) is 0 Å². The summed E-state index contributed by atoms with van der Waals surface area (Å²) in [5.41, 5.74) is 1.92. The lowest BCUT2D eigenvalue weighted by atomic mass is 9.84.